The second kappa shape index (κ2) is 6.38. The minimum absolute atomic E-state index is 0.0247. The summed E-state index contributed by atoms with van der Waals surface area (Å²) in [7, 11) is 1.37. The van der Waals surface area contributed by atoms with E-state index in [2.05, 4.69) is 5.32 Å². The van der Waals surface area contributed by atoms with Crippen molar-refractivity contribution in [2.75, 3.05) is 18.2 Å². The van der Waals surface area contributed by atoms with Crippen molar-refractivity contribution >= 4 is 40.4 Å². The van der Waals surface area contributed by atoms with Crippen LogP contribution in [0.5, 0.6) is 5.75 Å². The molecule has 0 aliphatic rings. The average Bonchev–Trinajstić information content (AvgIpc) is 2.32. The maximum Gasteiger partial charge on any atom is 0.231 e. The van der Waals surface area contributed by atoms with E-state index >= 15 is 0 Å². The normalized spacial score (nSPS) is 10.0. The van der Waals surface area contributed by atoms with Crippen molar-refractivity contribution in [3.63, 3.8) is 0 Å². The number of ketones is 2. The summed E-state index contributed by atoms with van der Waals surface area (Å²) in [6.07, 6.45) is -0.271. The topological polar surface area (TPSA) is 98.5 Å². The Morgan fingerprint density at radius 3 is 2.40 bits per heavy atom. The fourth-order valence-corrected chi connectivity index (χ4v) is 1.89. The maximum atomic E-state index is 11.6. The van der Waals surface area contributed by atoms with Gasteiger partial charge in [-0.25, -0.2) is 0 Å². The molecular weight excluding hydrogens is 284 g/mol. The molecule has 0 bridgehead atoms. The third-order valence-corrected chi connectivity index (χ3v) is 2.93. The standard InChI is InChI=1S/C13H15ClN2O4/c1-6(17)4-10(19)16-8-5-9(20-3)11(7(2)18)13(15)12(8)14/h5H,4,15H2,1-3H3,(H,16,19). The molecule has 3 N–H and O–H groups in total. The number of benzene rings is 1. The molecule has 0 aromatic heterocycles. The number of nitrogen functional groups attached to an aromatic ring is 1. The highest BCUT2D eigenvalue weighted by Crippen LogP contribution is 2.38. The number of halogens is 1. The smallest absolute Gasteiger partial charge is 0.231 e. The molecule has 1 amide bonds. The van der Waals surface area contributed by atoms with Crippen molar-refractivity contribution in [2.24, 2.45) is 0 Å². The molecule has 0 fully saturated rings. The van der Waals surface area contributed by atoms with Crippen LogP contribution in [-0.4, -0.2) is 24.6 Å². The zero-order valence-corrected chi connectivity index (χ0v) is 12.1. The van der Waals surface area contributed by atoms with Crippen LogP contribution in [0.1, 0.15) is 30.6 Å². The molecule has 0 radical (unpaired) electrons. The van der Waals surface area contributed by atoms with Gasteiger partial charge in [-0.3, -0.25) is 14.4 Å². The van der Waals surface area contributed by atoms with Gasteiger partial charge in [-0.2, -0.15) is 0 Å². The van der Waals surface area contributed by atoms with Gasteiger partial charge in [0, 0.05) is 6.07 Å². The summed E-state index contributed by atoms with van der Waals surface area (Å²) in [5.41, 5.74) is 6.16. The number of hydrogen-bond acceptors (Lipinski definition) is 5. The molecule has 1 rings (SSSR count). The van der Waals surface area contributed by atoms with Gasteiger partial charge < -0.3 is 15.8 Å². The predicted octanol–water partition coefficient (Wildman–Crippen LogP) is 2.05. The third kappa shape index (κ3) is 3.48. The van der Waals surface area contributed by atoms with E-state index in [4.69, 9.17) is 22.1 Å². The molecule has 0 atom stereocenters. The number of carbonyl (C=O) groups is 3. The third-order valence-electron chi connectivity index (χ3n) is 2.52. The summed E-state index contributed by atoms with van der Waals surface area (Å²) in [4.78, 5) is 34.0. The van der Waals surface area contributed by atoms with Crippen LogP contribution in [-0.2, 0) is 9.59 Å². The SMILES string of the molecule is COc1cc(NC(=O)CC(C)=O)c(Cl)c(N)c1C(C)=O. The van der Waals surface area contributed by atoms with Crippen LogP contribution in [0.3, 0.4) is 0 Å². The van der Waals surface area contributed by atoms with Crippen LogP contribution < -0.4 is 15.8 Å². The number of methoxy groups -OCH3 is 1. The first-order valence-electron chi connectivity index (χ1n) is 5.74. The Morgan fingerprint density at radius 2 is 1.95 bits per heavy atom. The summed E-state index contributed by atoms with van der Waals surface area (Å²) in [5.74, 6) is -0.893. The quantitative estimate of drug-likeness (QED) is 0.492. The second-order valence-corrected chi connectivity index (χ2v) is 4.59. The number of nitrogens with two attached hydrogens (primary N) is 1. The molecule has 7 heteroatoms. The van der Waals surface area contributed by atoms with Crippen molar-refractivity contribution < 1.29 is 19.1 Å². The van der Waals surface area contributed by atoms with E-state index in [9.17, 15) is 14.4 Å². The van der Waals surface area contributed by atoms with Crippen molar-refractivity contribution in [2.45, 2.75) is 20.3 Å². The molecule has 0 aliphatic heterocycles. The van der Waals surface area contributed by atoms with Crippen LogP contribution in [0.4, 0.5) is 11.4 Å². The molecule has 0 aliphatic carbocycles. The first-order chi connectivity index (χ1) is 9.27. The molecule has 0 spiro atoms. The summed E-state index contributed by atoms with van der Waals surface area (Å²) >= 11 is 6.02. The van der Waals surface area contributed by atoms with Gasteiger partial charge in [0.15, 0.2) is 5.78 Å². The summed E-state index contributed by atoms with van der Waals surface area (Å²) in [5, 5.41) is 2.50. The van der Waals surface area contributed by atoms with Gasteiger partial charge in [0.1, 0.15) is 11.5 Å². The molecule has 6 nitrogen and oxygen atoms in total. The van der Waals surface area contributed by atoms with Crippen molar-refractivity contribution in [3.8, 4) is 5.75 Å². The van der Waals surface area contributed by atoms with Crippen LogP contribution in [0.25, 0.3) is 0 Å². The Labute approximate surface area is 121 Å². The summed E-state index contributed by atoms with van der Waals surface area (Å²) in [6, 6.07) is 1.40. The lowest BCUT2D eigenvalue weighted by Crippen LogP contribution is -2.16. The molecule has 0 unspecified atom stereocenters. The molecular formula is C13H15ClN2O4. The van der Waals surface area contributed by atoms with Crippen LogP contribution in [0.2, 0.25) is 5.02 Å². The van der Waals surface area contributed by atoms with Gasteiger partial charge in [-0.05, 0) is 13.8 Å². The van der Waals surface area contributed by atoms with Gasteiger partial charge in [0.2, 0.25) is 5.91 Å². The number of ether oxygens (including phenoxy) is 1. The summed E-state index contributed by atoms with van der Waals surface area (Å²) in [6.45, 7) is 2.63. The van der Waals surface area contributed by atoms with E-state index in [1.807, 2.05) is 0 Å². The van der Waals surface area contributed by atoms with Crippen LogP contribution >= 0.6 is 11.6 Å². The number of Topliss-reactive ketones (excluding diaryl/α,β-unsaturated/α-hetero) is 2. The van der Waals surface area contributed by atoms with Crippen LogP contribution in [0, 0.1) is 0 Å². The number of carbonyl (C=O) groups excluding carboxylic acids is 3. The minimum Gasteiger partial charge on any atom is -0.496 e. The van der Waals surface area contributed by atoms with E-state index in [0.717, 1.165) is 0 Å². The Bertz CT molecular complexity index is 584. The number of amides is 1. The van der Waals surface area contributed by atoms with E-state index in [0.29, 0.717) is 0 Å². The lowest BCUT2D eigenvalue weighted by Gasteiger charge is -2.15. The van der Waals surface area contributed by atoms with E-state index in [1.165, 1.54) is 27.0 Å². The lowest BCUT2D eigenvalue weighted by molar-refractivity contribution is -0.124. The molecule has 1 aromatic carbocycles. The maximum absolute atomic E-state index is 11.6. The van der Waals surface area contributed by atoms with Crippen molar-refractivity contribution in [1.29, 1.82) is 0 Å². The fourth-order valence-electron chi connectivity index (χ4n) is 1.69. The molecule has 0 saturated heterocycles. The van der Waals surface area contributed by atoms with Gasteiger partial charge in [-0.15, -0.1) is 0 Å². The fraction of sp³-hybridized carbons (Fsp3) is 0.308. The molecule has 1 aromatic rings. The van der Waals surface area contributed by atoms with Gasteiger partial charge in [0.25, 0.3) is 0 Å². The number of nitrogens with one attached hydrogen (secondary N) is 1. The Hall–Kier alpha value is -2.08. The van der Waals surface area contributed by atoms with Crippen molar-refractivity contribution in [3.05, 3.63) is 16.7 Å². The monoisotopic (exact) mass is 298 g/mol. The molecule has 0 heterocycles. The average molecular weight is 299 g/mol. The second-order valence-electron chi connectivity index (χ2n) is 4.21. The molecule has 108 valence electrons. The highest BCUT2D eigenvalue weighted by atomic mass is 35.5. The Kier molecular flexibility index (Phi) is 5.10. The highest BCUT2D eigenvalue weighted by Gasteiger charge is 2.20. The lowest BCUT2D eigenvalue weighted by atomic mass is 10.1. The minimum atomic E-state index is -0.517. The first-order valence-corrected chi connectivity index (χ1v) is 6.11. The number of rotatable bonds is 5. The summed E-state index contributed by atoms with van der Waals surface area (Å²) < 4.78 is 5.07. The van der Waals surface area contributed by atoms with Crippen molar-refractivity contribution in [1.82, 2.24) is 0 Å². The first kappa shape index (κ1) is 16.0. The molecule has 0 saturated carbocycles. The van der Waals surface area contributed by atoms with E-state index < -0.39 is 5.91 Å². The van der Waals surface area contributed by atoms with Gasteiger partial charge >= 0.3 is 0 Å². The molecule has 20 heavy (non-hydrogen) atoms. The highest BCUT2D eigenvalue weighted by molar-refractivity contribution is 6.37. The zero-order valence-electron chi connectivity index (χ0n) is 11.4. The zero-order chi connectivity index (χ0) is 15.4. The van der Waals surface area contributed by atoms with E-state index in [-0.39, 0.29) is 45.7 Å². The van der Waals surface area contributed by atoms with Crippen LogP contribution in [0.15, 0.2) is 6.07 Å². The number of anilines is 2. The van der Waals surface area contributed by atoms with Gasteiger partial charge in [-0.1, -0.05) is 11.6 Å². The Balaban J connectivity index is 3.23. The predicted molar refractivity (Wildman–Crippen MR) is 76.3 cm³/mol. The largest absolute Gasteiger partial charge is 0.496 e. The number of hydrogen-bond donors (Lipinski definition) is 2. The van der Waals surface area contributed by atoms with E-state index in [1.54, 1.807) is 0 Å². The Morgan fingerprint density at radius 1 is 1.35 bits per heavy atom. The van der Waals surface area contributed by atoms with Gasteiger partial charge in [0.05, 0.1) is 35.5 Å².